The minimum Gasteiger partial charge on any atom is -0.497 e. The molecule has 19 heavy (non-hydrogen) atoms. The van der Waals surface area contributed by atoms with Crippen LogP contribution < -0.4 is 9.47 Å². The van der Waals surface area contributed by atoms with Crippen LogP contribution in [0.3, 0.4) is 0 Å². The summed E-state index contributed by atoms with van der Waals surface area (Å²) in [7, 11) is 1.53. The first-order valence-corrected chi connectivity index (χ1v) is 6.05. The van der Waals surface area contributed by atoms with E-state index in [2.05, 4.69) is 0 Å². The van der Waals surface area contributed by atoms with Crippen LogP contribution in [0.2, 0.25) is 0 Å². The highest BCUT2D eigenvalue weighted by molar-refractivity contribution is 6.36. The number of aliphatic carboxylic acids is 1. The summed E-state index contributed by atoms with van der Waals surface area (Å²) in [5.74, 6) is 0.00224. The van der Waals surface area contributed by atoms with Gasteiger partial charge in [-0.15, -0.1) is 0 Å². The topological polar surface area (TPSA) is 55.8 Å². The van der Waals surface area contributed by atoms with E-state index in [1.807, 2.05) is 0 Å². The minimum absolute atomic E-state index is 0.0894. The van der Waals surface area contributed by atoms with Gasteiger partial charge in [-0.2, -0.15) is 0 Å². The summed E-state index contributed by atoms with van der Waals surface area (Å²) < 4.78 is 10.5. The van der Waals surface area contributed by atoms with Crippen molar-refractivity contribution in [3.8, 4) is 11.5 Å². The Morgan fingerprint density at radius 2 is 2.21 bits per heavy atom. The lowest BCUT2D eigenvalue weighted by atomic mass is 10.1. The maximum Gasteiger partial charge on any atom is 0.328 e. The standard InChI is InChI=1S/C13H12Cl2O4/c1-18-11-4-2-9(3-5-13(16)17)12(6-11)19-8-10(15)7-14/h2-7H,8H2,1H3,(H,16,17). The molecule has 0 radical (unpaired) electrons. The Morgan fingerprint density at radius 1 is 1.47 bits per heavy atom. The summed E-state index contributed by atoms with van der Waals surface area (Å²) >= 11 is 11.2. The number of carboxylic acids is 1. The minimum atomic E-state index is -1.04. The number of benzene rings is 1. The van der Waals surface area contributed by atoms with Crippen LogP contribution in [0.1, 0.15) is 5.56 Å². The summed E-state index contributed by atoms with van der Waals surface area (Å²) in [4.78, 5) is 10.5. The molecule has 1 aromatic rings. The molecule has 0 atom stereocenters. The van der Waals surface area contributed by atoms with E-state index < -0.39 is 5.97 Å². The van der Waals surface area contributed by atoms with E-state index in [1.165, 1.54) is 18.7 Å². The fourth-order valence-corrected chi connectivity index (χ4v) is 1.36. The van der Waals surface area contributed by atoms with Gasteiger partial charge < -0.3 is 14.6 Å². The first-order chi connectivity index (χ1) is 9.06. The lowest BCUT2D eigenvalue weighted by Crippen LogP contribution is -1.99. The smallest absolute Gasteiger partial charge is 0.328 e. The summed E-state index contributed by atoms with van der Waals surface area (Å²) in [6.07, 6.45) is 2.45. The van der Waals surface area contributed by atoms with Crippen LogP contribution in [0.15, 0.2) is 34.8 Å². The highest BCUT2D eigenvalue weighted by Gasteiger charge is 2.05. The maximum atomic E-state index is 10.5. The molecule has 0 bridgehead atoms. The summed E-state index contributed by atoms with van der Waals surface area (Å²) in [5.41, 5.74) is 1.80. The average Bonchev–Trinajstić information content (AvgIpc) is 2.42. The van der Waals surface area contributed by atoms with Crippen LogP contribution in [0.4, 0.5) is 0 Å². The van der Waals surface area contributed by atoms with Crippen molar-refractivity contribution in [2.45, 2.75) is 0 Å². The number of carbonyl (C=O) groups is 1. The molecule has 1 N–H and O–H groups in total. The second-order valence-electron chi connectivity index (χ2n) is 3.42. The molecule has 0 aliphatic heterocycles. The average molecular weight is 303 g/mol. The van der Waals surface area contributed by atoms with Crippen LogP contribution in [-0.4, -0.2) is 24.8 Å². The van der Waals surface area contributed by atoms with E-state index in [0.717, 1.165) is 6.08 Å². The normalized spacial score (nSPS) is 11.6. The van der Waals surface area contributed by atoms with Gasteiger partial charge in [0.2, 0.25) is 0 Å². The SMILES string of the molecule is COc1ccc(C=CC(=O)O)c(OCC(Cl)=CCl)c1. The van der Waals surface area contributed by atoms with Gasteiger partial charge in [-0.05, 0) is 18.2 Å². The number of rotatable bonds is 6. The molecule has 4 nitrogen and oxygen atoms in total. The Bertz CT molecular complexity index is 509. The Labute approximate surface area is 120 Å². The molecule has 1 rings (SSSR count). The van der Waals surface area contributed by atoms with Crippen molar-refractivity contribution in [3.63, 3.8) is 0 Å². The van der Waals surface area contributed by atoms with Gasteiger partial charge in [0.1, 0.15) is 18.1 Å². The Kier molecular flexibility index (Phi) is 6.25. The maximum absolute atomic E-state index is 10.5. The zero-order valence-electron chi connectivity index (χ0n) is 10.1. The highest BCUT2D eigenvalue weighted by Crippen LogP contribution is 2.26. The third kappa shape index (κ3) is 5.24. The molecule has 6 heteroatoms. The predicted molar refractivity (Wildman–Crippen MR) is 74.9 cm³/mol. The van der Waals surface area contributed by atoms with Crippen LogP contribution in [0.5, 0.6) is 11.5 Å². The van der Waals surface area contributed by atoms with Gasteiger partial charge in [0.15, 0.2) is 0 Å². The molecule has 0 aliphatic carbocycles. The monoisotopic (exact) mass is 302 g/mol. The summed E-state index contributed by atoms with van der Waals surface area (Å²) in [6, 6.07) is 5.03. The molecule has 0 spiro atoms. The molecule has 1 aromatic carbocycles. The van der Waals surface area contributed by atoms with Crippen LogP contribution in [0, 0.1) is 0 Å². The number of methoxy groups -OCH3 is 1. The second kappa shape index (κ2) is 7.71. The van der Waals surface area contributed by atoms with Gasteiger partial charge in [0.05, 0.1) is 12.1 Å². The van der Waals surface area contributed by atoms with Crippen LogP contribution in [-0.2, 0) is 4.79 Å². The van der Waals surface area contributed by atoms with Gasteiger partial charge >= 0.3 is 5.97 Å². The third-order valence-electron chi connectivity index (χ3n) is 2.11. The number of hydrogen-bond donors (Lipinski definition) is 1. The molecule has 102 valence electrons. The highest BCUT2D eigenvalue weighted by atomic mass is 35.5. The summed E-state index contributed by atoms with van der Waals surface area (Å²) in [5, 5.41) is 8.95. The van der Waals surface area contributed by atoms with Crippen molar-refractivity contribution in [2.75, 3.05) is 13.7 Å². The van der Waals surface area contributed by atoms with Crippen molar-refractivity contribution < 1.29 is 19.4 Å². The largest absolute Gasteiger partial charge is 0.497 e. The molecular formula is C13H12Cl2O4. The zero-order chi connectivity index (χ0) is 14.3. The number of ether oxygens (including phenoxy) is 2. The van der Waals surface area contributed by atoms with Crippen molar-refractivity contribution in [1.29, 1.82) is 0 Å². The molecular weight excluding hydrogens is 291 g/mol. The molecule has 0 amide bonds. The Morgan fingerprint density at radius 3 is 2.79 bits per heavy atom. The van der Waals surface area contributed by atoms with Crippen LogP contribution in [0.25, 0.3) is 6.08 Å². The molecule has 0 saturated heterocycles. The van der Waals surface area contributed by atoms with Crippen molar-refractivity contribution in [1.82, 2.24) is 0 Å². The predicted octanol–water partition coefficient (Wildman–Crippen LogP) is 3.49. The van der Waals surface area contributed by atoms with E-state index in [-0.39, 0.29) is 6.61 Å². The van der Waals surface area contributed by atoms with Crippen molar-refractivity contribution >= 4 is 35.2 Å². The first kappa shape index (κ1) is 15.4. The number of hydrogen-bond acceptors (Lipinski definition) is 3. The van der Waals surface area contributed by atoms with E-state index in [0.29, 0.717) is 22.1 Å². The van der Waals surface area contributed by atoms with Gasteiger partial charge in [0.25, 0.3) is 0 Å². The molecule has 0 heterocycles. The number of halogens is 2. The van der Waals surface area contributed by atoms with Crippen LogP contribution >= 0.6 is 23.2 Å². The quantitative estimate of drug-likeness (QED) is 0.817. The van der Waals surface area contributed by atoms with Gasteiger partial charge in [0, 0.05) is 23.2 Å². The van der Waals surface area contributed by atoms with Gasteiger partial charge in [-0.1, -0.05) is 23.2 Å². The zero-order valence-corrected chi connectivity index (χ0v) is 11.6. The first-order valence-electron chi connectivity index (χ1n) is 5.23. The molecule has 0 saturated carbocycles. The van der Waals surface area contributed by atoms with Gasteiger partial charge in [-0.3, -0.25) is 0 Å². The van der Waals surface area contributed by atoms with E-state index >= 15 is 0 Å². The van der Waals surface area contributed by atoms with Crippen molar-refractivity contribution in [2.24, 2.45) is 0 Å². The van der Waals surface area contributed by atoms with E-state index in [4.69, 9.17) is 37.8 Å². The summed E-state index contributed by atoms with van der Waals surface area (Å²) in [6.45, 7) is 0.0894. The number of carboxylic acid groups (broad SMARTS) is 1. The third-order valence-corrected chi connectivity index (χ3v) is 2.70. The molecule has 0 aromatic heterocycles. The fraction of sp³-hybridized carbons (Fsp3) is 0.154. The Hall–Kier alpha value is -1.65. The van der Waals surface area contributed by atoms with E-state index in [9.17, 15) is 4.79 Å². The van der Waals surface area contributed by atoms with E-state index in [1.54, 1.807) is 18.2 Å². The lowest BCUT2D eigenvalue weighted by Gasteiger charge is -2.10. The Balaban J connectivity index is 2.98. The molecule has 0 fully saturated rings. The lowest BCUT2D eigenvalue weighted by molar-refractivity contribution is -0.131. The second-order valence-corrected chi connectivity index (χ2v) is 4.12. The van der Waals surface area contributed by atoms with Crippen molar-refractivity contribution in [3.05, 3.63) is 40.4 Å². The van der Waals surface area contributed by atoms with Gasteiger partial charge in [-0.25, -0.2) is 4.79 Å². The molecule has 0 aliphatic rings. The molecule has 0 unspecified atom stereocenters. The fourth-order valence-electron chi connectivity index (χ4n) is 1.24.